The average molecular weight is 432 g/mol. The molecular formula is C24H30ClNO2S. The van der Waals surface area contributed by atoms with E-state index in [1.54, 1.807) is 10.4 Å². The summed E-state index contributed by atoms with van der Waals surface area (Å²) in [7, 11) is 0. The fraction of sp³-hybridized carbons (Fsp3) is 0.375. The molecule has 156 valence electrons. The SMILES string of the molecule is C=CC[C@@H](Cl)[C@@H](CC(C)C)N(Sc1ccc(C)cc1)C(=O)OCc1ccccc1. The van der Waals surface area contributed by atoms with Gasteiger partial charge in [0.1, 0.15) is 6.61 Å². The van der Waals surface area contributed by atoms with Gasteiger partial charge in [-0.1, -0.05) is 68.0 Å². The van der Waals surface area contributed by atoms with Gasteiger partial charge in [0.15, 0.2) is 0 Å². The molecule has 2 aromatic carbocycles. The standard InChI is InChI=1S/C24H30ClNO2S/c1-5-9-22(25)23(16-18(2)3)26(29-21-14-12-19(4)13-15-21)24(27)28-17-20-10-7-6-8-11-20/h5-8,10-15,18,22-23H,1,9,16-17H2,2-4H3/t22-,23-/m1/s1. The summed E-state index contributed by atoms with van der Waals surface area (Å²) >= 11 is 8.09. The molecule has 0 aliphatic rings. The molecule has 0 aromatic heterocycles. The number of amides is 1. The number of benzene rings is 2. The van der Waals surface area contributed by atoms with Gasteiger partial charge in [0.05, 0.1) is 11.4 Å². The van der Waals surface area contributed by atoms with Crippen molar-refractivity contribution < 1.29 is 9.53 Å². The van der Waals surface area contributed by atoms with Crippen LogP contribution in [0.4, 0.5) is 4.79 Å². The molecule has 0 spiro atoms. The molecular weight excluding hydrogens is 402 g/mol. The highest BCUT2D eigenvalue weighted by molar-refractivity contribution is 7.97. The van der Waals surface area contributed by atoms with Crippen molar-refractivity contribution in [3.8, 4) is 0 Å². The van der Waals surface area contributed by atoms with E-state index >= 15 is 0 Å². The van der Waals surface area contributed by atoms with Gasteiger partial charge in [-0.15, -0.1) is 18.2 Å². The molecule has 2 rings (SSSR count). The van der Waals surface area contributed by atoms with Crippen LogP contribution < -0.4 is 0 Å². The van der Waals surface area contributed by atoms with Gasteiger partial charge in [-0.25, -0.2) is 9.10 Å². The molecule has 0 aliphatic carbocycles. The van der Waals surface area contributed by atoms with E-state index in [1.165, 1.54) is 17.5 Å². The molecule has 0 unspecified atom stereocenters. The number of nitrogens with zero attached hydrogens (tertiary/aromatic N) is 1. The molecule has 1 amide bonds. The first-order valence-electron chi connectivity index (χ1n) is 9.90. The lowest BCUT2D eigenvalue weighted by Crippen LogP contribution is -2.42. The Morgan fingerprint density at radius 2 is 1.83 bits per heavy atom. The third-order valence-corrected chi connectivity index (χ3v) is 6.00. The number of carbonyl (C=O) groups is 1. The molecule has 3 nitrogen and oxygen atoms in total. The smallest absolute Gasteiger partial charge is 0.420 e. The second-order valence-corrected chi connectivity index (χ2v) is 9.12. The van der Waals surface area contributed by atoms with E-state index in [0.29, 0.717) is 12.3 Å². The number of hydrogen-bond acceptors (Lipinski definition) is 3. The van der Waals surface area contributed by atoms with Crippen molar-refractivity contribution in [1.29, 1.82) is 0 Å². The van der Waals surface area contributed by atoms with Gasteiger partial charge in [-0.3, -0.25) is 0 Å². The Balaban J connectivity index is 2.24. The number of rotatable bonds is 10. The van der Waals surface area contributed by atoms with Gasteiger partial charge >= 0.3 is 6.09 Å². The van der Waals surface area contributed by atoms with Crippen molar-refractivity contribution in [2.75, 3.05) is 0 Å². The summed E-state index contributed by atoms with van der Waals surface area (Å²) in [6.45, 7) is 10.3. The minimum atomic E-state index is -0.375. The van der Waals surface area contributed by atoms with Crippen LogP contribution in [0, 0.1) is 12.8 Å². The molecule has 0 fully saturated rings. The molecule has 0 bridgehead atoms. The van der Waals surface area contributed by atoms with Crippen LogP contribution in [0.5, 0.6) is 0 Å². The highest BCUT2D eigenvalue weighted by atomic mass is 35.5. The number of carbonyl (C=O) groups excluding carboxylic acids is 1. The van der Waals surface area contributed by atoms with Gasteiger partial charge in [0, 0.05) is 4.90 Å². The third kappa shape index (κ3) is 7.79. The lowest BCUT2D eigenvalue weighted by Gasteiger charge is -2.33. The van der Waals surface area contributed by atoms with Crippen LogP contribution in [0.15, 0.2) is 72.1 Å². The van der Waals surface area contributed by atoms with Crippen LogP contribution in [-0.4, -0.2) is 21.8 Å². The number of halogens is 1. The van der Waals surface area contributed by atoms with Crippen LogP contribution in [-0.2, 0) is 11.3 Å². The highest BCUT2D eigenvalue weighted by Gasteiger charge is 2.32. The Labute approximate surface area is 184 Å². The Hall–Kier alpha value is -1.91. The van der Waals surface area contributed by atoms with Crippen molar-refractivity contribution in [3.05, 3.63) is 78.4 Å². The normalized spacial score (nSPS) is 13.0. The largest absolute Gasteiger partial charge is 0.444 e. The number of alkyl halides is 1. The van der Waals surface area contributed by atoms with Crippen LogP contribution in [0.25, 0.3) is 0 Å². The van der Waals surface area contributed by atoms with Crippen molar-refractivity contribution in [2.45, 2.75) is 56.5 Å². The zero-order valence-electron chi connectivity index (χ0n) is 17.4. The zero-order valence-corrected chi connectivity index (χ0v) is 19.0. The van der Waals surface area contributed by atoms with E-state index < -0.39 is 0 Å². The van der Waals surface area contributed by atoms with E-state index in [4.69, 9.17) is 16.3 Å². The third-order valence-electron chi connectivity index (χ3n) is 4.43. The Morgan fingerprint density at radius 1 is 1.17 bits per heavy atom. The number of allylic oxidation sites excluding steroid dienone is 1. The van der Waals surface area contributed by atoms with E-state index in [2.05, 4.69) is 20.4 Å². The molecule has 2 atom stereocenters. The molecule has 2 aromatic rings. The lowest BCUT2D eigenvalue weighted by molar-refractivity contribution is 0.109. The predicted octanol–water partition coefficient (Wildman–Crippen LogP) is 7.24. The average Bonchev–Trinajstić information content (AvgIpc) is 2.71. The Bertz CT molecular complexity index is 764. The van der Waals surface area contributed by atoms with E-state index in [-0.39, 0.29) is 24.1 Å². The maximum Gasteiger partial charge on any atom is 0.420 e. The Kier molecular flexibility index (Phi) is 9.62. The summed E-state index contributed by atoms with van der Waals surface area (Å²) < 4.78 is 7.36. The fourth-order valence-corrected chi connectivity index (χ4v) is 4.31. The molecule has 0 saturated heterocycles. The maximum atomic E-state index is 13.1. The number of aryl methyl sites for hydroxylation is 1. The van der Waals surface area contributed by atoms with Gasteiger partial charge in [-0.05, 0) is 55.3 Å². The first-order valence-corrected chi connectivity index (χ1v) is 11.1. The Morgan fingerprint density at radius 3 is 2.41 bits per heavy atom. The van der Waals surface area contributed by atoms with E-state index in [0.717, 1.165) is 16.9 Å². The van der Waals surface area contributed by atoms with E-state index in [9.17, 15) is 4.79 Å². The quantitative estimate of drug-likeness (QED) is 0.225. The summed E-state index contributed by atoms with van der Waals surface area (Å²) in [6.07, 6.45) is 2.83. The fourth-order valence-electron chi connectivity index (χ4n) is 2.93. The van der Waals surface area contributed by atoms with Gasteiger partial charge in [-0.2, -0.15) is 0 Å². The molecule has 0 heterocycles. The van der Waals surface area contributed by atoms with Crippen molar-refractivity contribution in [2.24, 2.45) is 5.92 Å². The zero-order chi connectivity index (χ0) is 21.2. The monoisotopic (exact) mass is 431 g/mol. The molecule has 0 radical (unpaired) electrons. The van der Waals surface area contributed by atoms with Crippen molar-refractivity contribution >= 4 is 29.6 Å². The minimum absolute atomic E-state index is 0.177. The summed E-state index contributed by atoms with van der Waals surface area (Å²) in [5.74, 6) is 0.383. The summed E-state index contributed by atoms with van der Waals surface area (Å²) in [6, 6.07) is 17.6. The molecule has 0 saturated carbocycles. The molecule has 29 heavy (non-hydrogen) atoms. The molecule has 0 N–H and O–H groups in total. The van der Waals surface area contributed by atoms with Crippen molar-refractivity contribution in [3.63, 3.8) is 0 Å². The van der Waals surface area contributed by atoms with Crippen LogP contribution in [0.1, 0.15) is 37.8 Å². The second-order valence-electron chi connectivity index (χ2n) is 7.51. The maximum absolute atomic E-state index is 13.1. The molecule has 5 heteroatoms. The number of hydrogen-bond donors (Lipinski definition) is 0. The highest BCUT2D eigenvalue weighted by Crippen LogP contribution is 2.32. The summed E-state index contributed by atoms with van der Waals surface area (Å²) in [5, 5.41) is -0.239. The van der Waals surface area contributed by atoms with Gasteiger partial charge in [0.2, 0.25) is 0 Å². The van der Waals surface area contributed by atoms with Crippen LogP contribution >= 0.6 is 23.5 Å². The minimum Gasteiger partial charge on any atom is -0.444 e. The second kappa shape index (κ2) is 11.9. The first-order chi connectivity index (χ1) is 13.9. The summed E-state index contributed by atoms with van der Waals surface area (Å²) in [4.78, 5) is 14.1. The van der Waals surface area contributed by atoms with Crippen LogP contribution in [0.3, 0.4) is 0 Å². The molecule has 0 aliphatic heterocycles. The van der Waals surface area contributed by atoms with Crippen molar-refractivity contribution in [1.82, 2.24) is 4.31 Å². The van der Waals surface area contributed by atoms with Crippen LogP contribution in [0.2, 0.25) is 0 Å². The first kappa shape index (κ1) is 23.4. The lowest BCUT2D eigenvalue weighted by atomic mass is 9.99. The topological polar surface area (TPSA) is 29.5 Å². The number of ether oxygens (including phenoxy) is 1. The van der Waals surface area contributed by atoms with Gasteiger partial charge < -0.3 is 4.74 Å². The summed E-state index contributed by atoms with van der Waals surface area (Å²) in [5.41, 5.74) is 2.13. The van der Waals surface area contributed by atoms with E-state index in [1.807, 2.05) is 61.5 Å². The van der Waals surface area contributed by atoms with Gasteiger partial charge in [0.25, 0.3) is 0 Å². The predicted molar refractivity (Wildman–Crippen MR) is 123 cm³/mol.